The number of esters is 1. The number of anilines is 1. The van der Waals surface area contributed by atoms with Crippen LogP contribution in [0.25, 0.3) is 0 Å². The number of benzene rings is 2. The van der Waals surface area contributed by atoms with Crippen molar-refractivity contribution in [3.05, 3.63) is 53.1 Å². The molecule has 25 heavy (non-hydrogen) atoms. The summed E-state index contributed by atoms with van der Waals surface area (Å²) in [6.07, 6.45) is 0.0702. The second kappa shape index (κ2) is 8.94. The molecule has 0 aliphatic heterocycles. The molecular weight excluding hydrogens is 346 g/mol. The molecule has 0 atom stereocenters. The molecule has 6 nitrogen and oxygen atoms in total. The molecule has 0 heterocycles. The van der Waals surface area contributed by atoms with Crippen LogP contribution >= 0.6 is 11.6 Å². The average Bonchev–Trinajstić information content (AvgIpc) is 2.62. The van der Waals surface area contributed by atoms with Gasteiger partial charge < -0.3 is 19.5 Å². The highest BCUT2D eigenvalue weighted by atomic mass is 35.5. The van der Waals surface area contributed by atoms with Gasteiger partial charge in [-0.25, -0.2) is 0 Å². The first-order valence-electron chi connectivity index (χ1n) is 7.43. The van der Waals surface area contributed by atoms with Gasteiger partial charge in [-0.15, -0.1) is 0 Å². The van der Waals surface area contributed by atoms with Crippen molar-refractivity contribution in [3.63, 3.8) is 0 Å². The third-order valence-electron chi connectivity index (χ3n) is 3.29. The number of halogens is 1. The van der Waals surface area contributed by atoms with Crippen LogP contribution in [-0.2, 0) is 20.7 Å². The van der Waals surface area contributed by atoms with Crippen molar-refractivity contribution in [1.29, 1.82) is 0 Å². The van der Waals surface area contributed by atoms with E-state index in [4.69, 9.17) is 25.8 Å². The van der Waals surface area contributed by atoms with Gasteiger partial charge in [-0.2, -0.15) is 0 Å². The molecule has 2 aromatic rings. The van der Waals surface area contributed by atoms with Gasteiger partial charge in [0, 0.05) is 16.8 Å². The fraction of sp³-hybridized carbons (Fsp3) is 0.222. The minimum atomic E-state index is -0.496. The summed E-state index contributed by atoms with van der Waals surface area (Å²) in [5.41, 5.74) is 1.27. The maximum atomic E-state index is 11.9. The number of hydrogen-bond donors (Lipinski definition) is 1. The zero-order valence-electron chi connectivity index (χ0n) is 13.9. The number of ether oxygens (including phenoxy) is 3. The Hall–Kier alpha value is -2.73. The maximum Gasteiger partial charge on any atom is 0.310 e. The maximum absolute atomic E-state index is 11.9. The monoisotopic (exact) mass is 363 g/mol. The molecule has 132 valence electrons. The van der Waals surface area contributed by atoms with Gasteiger partial charge in [0.2, 0.25) is 0 Å². The Morgan fingerprint density at radius 1 is 1.00 bits per heavy atom. The van der Waals surface area contributed by atoms with E-state index >= 15 is 0 Å². The van der Waals surface area contributed by atoms with E-state index < -0.39 is 11.9 Å². The average molecular weight is 364 g/mol. The first kappa shape index (κ1) is 18.6. The van der Waals surface area contributed by atoms with E-state index in [9.17, 15) is 9.59 Å². The van der Waals surface area contributed by atoms with Crippen molar-refractivity contribution in [2.45, 2.75) is 6.42 Å². The molecule has 2 rings (SSSR count). The van der Waals surface area contributed by atoms with Crippen LogP contribution in [0.3, 0.4) is 0 Å². The van der Waals surface area contributed by atoms with E-state index in [1.54, 1.807) is 42.5 Å². The zero-order valence-corrected chi connectivity index (χ0v) is 14.6. The summed E-state index contributed by atoms with van der Waals surface area (Å²) in [4.78, 5) is 23.7. The highest BCUT2D eigenvalue weighted by Crippen LogP contribution is 2.29. The summed E-state index contributed by atoms with van der Waals surface area (Å²) < 4.78 is 15.3. The fourth-order valence-corrected chi connectivity index (χ4v) is 2.20. The van der Waals surface area contributed by atoms with Gasteiger partial charge in [0.1, 0.15) is 0 Å². The Labute approximate surface area is 150 Å². The predicted molar refractivity (Wildman–Crippen MR) is 94.3 cm³/mol. The van der Waals surface area contributed by atoms with Crippen molar-refractivity contribution in [3.8, 4) is 11.5 Å². The molecule has 0 spiro atoms. The van der Waals surface area contributed by atoms with Crippen LogP contribution in [0.2, 0.25) is 5.02 Å². The zero-order chi connectivity index (χ0) is 18.2. The number of methoxy groups -OCH3 is 2. The van der Waals surface area contributed by atoms with Crippen LogP contribution < -0.4 is 14.8 Å². The van der Waals surface area contributed by atoms with Crippen molar-refractivity contribution >= 4 is 29.2 Å². The summed E-state index contributed by atoms with van der Waals surface area (Å²) in [5.74, 6) is 0.0939. The van der Waals surface area contributed by atoms with Gasteiger partial charge in [0.15, 0.2) is 18.1 Å². The van der Waals surface area contributed by atoms with Crippen molar-refractivity contribution < 1.29 is 23.8 Å². The molecule has 0 bridgehead atoms. The fourth-order valence-electron chi connectivity index (χ4n) is 2.08. The molecule has 2 aromatic carbocycles. The smallest absolute Gasteiger partial charge is 0.310 e. The number of nitrogens with one attached hydrogen (secondary N) is 1. The molecule has 0 saturated carbocycles. The number of carbonyl (C=O) groups is 2. The lowest BCUT2D eigenvalue weighted by atomic mass is 10.1. The molecule has 0 aromatic heterocycles. The third-order valence-corrected chi connectivity index (χ3v) is 3.55. The van der Waals surface area contributed by atoms with Crippen LogP contribution in [0.4, 0.5) is 5.69 Å². The van der Waals surface area contributed by atoms with E-state index in [0.717, 1.165) is 5.56 Å². The van der Waals surface area contributed by atoms with E-state index in [-0.39, 0.29) is 13.0 Å². The molecular formula is C18H18ClNO5. The lowest BCUT2D eigenvalue weighted by molar-refractivity contribution is -0.146. The Balaban J connectivity index is 1.84. The van der Waals surface area contributed by atoms with Gasteiger partial charge in [-0.1, -0.05) is 23.7 Å². The van der Waals surface area contributed by atoms with Crippen molar-refractivity contribution in [2.24, 2.45) is 0 Å². The van der Waals surface area contributed by atoms with Gasteiger partial charge in [0.05, 0.1) is 20.6 Å². The van der Waals surface area contributed by atoms with Crippen molar-refractivity contribution in [2.75, 3.05) is 26.1 Å². The molecule has 0 aliphatic rings. The summed E-state index contributed by atoms with van der Waals surface area (Å²) in [5, 5.41) is 3.21. The molecule has 1 amide bonds. The number of rotatable bonds is 7. The molecule has 7 heteroatoms. The van der Waals surface area contributed by atoms with E-state index in [0.29, 0.717) is 22.2 Å². The Morgan fingerprint density at radius 2 is 1.68 bits per heavy atom. The summed E-state index contributed by atoms with van der Waals surface area (Å²) >= 11 is 5.78. The third kappa shape index (κ3) is 5.69. The van der Waals surface area contributed by atoms with Crippen LogP contribution in [0.1, 0.15) is 5.56 Å². The first-order valence-corrected chi connectivity index (χ1v) is 7.81. The highest BCUT2D eigenvalue weighted by Gasteiger charge is 2.11. The summed E-state index contributed by atoms with van der Waals surface area (Å²) in [6.45, 7) is -0.374. The van der Waals surface area contributed by atoms with Crippen LogP contribution in [0, 0.1) is 0 Å². The standard InChI is InChI=1S/C18H18ClNO5/c1-23-15-8-7-14(10-16(15)24-2)20-17(21)11-25-18(22)9-12-3-5-13(19)6-4-12/h3-8,10H,9,11H2,1-2H3,(H,20,21). The predicted octanol–water partition coefficient (Wildman–Crippen LogP) is 3.08. The molecule has 0 unspecified atom stereocenters. The SMILES string of the molecule is COc1ccc(NC(=O)COC(=O)Cc2ccc(Cl)cc2)cc1OC. The van der Waals surface area contributed by atoms with Crippen molar-refractivity contribution in [1.82, 2.24) is 0 Å². The molecule has 0 aliphatic carbocycles. The minimum absolute atomic E-state index is 0.0702. The number of carbonyl (C=O) groups excluding carboxylic acids is 2. The van der Waals surface area contributed by atoms with Crippen LogP contribution in [-0.4, -0.2) is 32.7 Å². The lowest BCUT2D eigenvalue weighted by Crippen LogP contribution is -2.21. The van der Waals surface area contributed by atoms with Crippen LogP contribution in [0.15, 0.2) is 42.5 Å². The summed E-state index contributed by atoms with van der Waals surface area (Å²) in [6, 6.07) is 11.8. The van der Waals surface area contributed by atoms with Gasteiger partial charge in [0.25, 0.3) is 5.91 Å². The Kier molecular flexibility index (Phi) is 6.65. The minimum Gasteiger partial charge on any atom is -0.493 e. The number of amides is 1. The second-order valence-corrected chi connectivity index (χ2v) is 5.52. The normalized spacial score (nSPS) is 10.0. The molecule has 0 fully saturated rings. The number of hydrogen-bond acceptors (Lipinski definition) is 5. The van der Waals surface area contributed by atoms with Gasteiger partial charge in [-0.3, -0.25) is 9.59 Å². The molecule has 0 saturated heterocycles. The van der Waals surface area contributed by atoms with Gasteiger partial charge in [-0.05, 0) is 29.8 Å². The highest BCUT2D eigenvalue weighted by molar-refractivity contribution is 6.30. The van der Waals surface area contributed by atoms with Crippen LogP contribution in [0.5, 0.6) is 11.5 Å². The Morgan fingerprint density at radius 3 is 2.32 bits per heavy atom. The molecule has 0 radical (unpaired) electrons. The largest absolute Gasteiger partial charge is 0.493 e. The molecule has 1 N–H and O–H groups in total. The van der Waals surface area contributed by atoms with E-state index in [1.165, 1.54) is 14.2 Å². The second-order valence-electron chi connectivity index (χ2n) is 5.08. The lowest BCUT2D eigenvalue weighted by Gasteiger charge is -2.11. The Bertz CT molecular complexity index is 746. The first-order chi connectivity index (χ1) is 12.0. The quantitative estimate of drug-likeness (QED) is 0.765. The van der Waals surface area contributed by atoms with Gasteiger partial charge >= 0.3 is 5.97 Å². The van der Waals surface area contributed by atoms with E-state index in [1.807, 2.05) is 0 Å². The van der Waals surface area contributed by atoms with E-state index in [2.05, 4.69) is 5.32 Å². The topological polar surface area (TPSA) is 73.9 Å². The summed E-state index contributed by atoms with van der Waals surface area (Å²) in [7, 11) is 3.03.